The number of aryl methyl sites for hydroxylation is 1. The summed E-state index contributed by atoms with van der Waals surface area (Å²) in [5.74, 6) is -0.520. The van der Waals surface area contributed by atoms with E-state index < -0.39 is 11.4 Å². The number of aromatic amines is 1. The molecule has 3 N–H and O–H groups in total. The van der Waals surface area contributed by atoms with Crippen molar-refractivity contribution in [1.82, 2.24) is 9.97 Å². The lowest BCUT2D eigenvalue weighted by molar-refractivity contribution is 0.411. The smallest absolute Gasteiger partial charge is 0.302 e. The number of anilines is 1. The van der Waals surface area contributed by atoms with Crippen molar-refractivity contribution < 1.29 is 9.13 Å². The topological polar surface area (TPSA) is 81.0 Å². The molecule has 21 heavy (non-hydrogen) atoms. The van der Waals surface area contributed by atoms with E-state index in [0.29, 0.717) is 16.6 Å². The molecule has 3 aromatic rings. The molecule has 1 aromatic heterocycles. The molecule has 0 radical (unpaired) electrons. The molecule has 0 saturated heterocycles. The predicted octanol–water partition coefficient (Wildman–Crippen LogP) is 2.75. The van der Waals surface area contributed by atoms with Crippen molar-refractivity contribution in [3.8, 4) is 11.8 Å². The Morgan fingerprint density at radius 1 is 1.24 bits per heavy atom. The molecule has 0 bridgehead atoms. The Morgan fingerprint density at radius 3 is 2.86 bits per heavy atom. The van der Waals surface area contributed by atoms with Crippen LogP contribution in [0.2, 0.25) is 0 Å². The minimum atomic E-state index is -0.527. The summed E-state index contributed by atoms with van der Waals surface area (Å²) in [5, 5.41) is 0.354. The summed E-state index contributed by atoms with van der Waals surface area (Å²) in [6.45, 7) is 1.81. The Morgan fingerprint density at radius 2 is 2.05 bits per heavy atom. The lowest BCUT2D eigenvalue weighted by Crippen LogP contribution is -2.10. The minimum Gasteiger partial charge on any atom is -0.422 e. The summed E-state index contributed by atoms with van der Waals surface area (Å²) in [6.07, 6.45) is 0. The molecule has 0 atom stereocenters. The van der Waals surface area contributed by atoms with E-state index in [1.807, 2.05) is 6.92 Å². The first-order valence-corrected chi connectivity index (χ1v) is 6.26. The second-order valence-corrected chi connectivity index (χ2v) is 4.68. The van der Waals surface area contributed by atoms with Crippen LogP contribution in [-0.4, -0.2) is 9.97 Å². The van der Waals surface area contributed by atoms with Crippen LogP contribution in [0.3, 0.4) is 0 Å². The summed E-state index contributed by atoms with van der Waals surface area (Å²) >= 11 is 0. The minimum absolute atomic E-state index is 0.00736. The summed E-state index contributed by atoms with van der Waals surface area (Å²) in [4.78, 5) is 18.6. The van der Waals surface area contributed by atoms with E-state index in [1.165, 1.54) is 18.2 Å². The van der Waals surface area contributed by atoms with E-state index in [1.54, 1.807) is 18.2 Å². The Balaban J connectivity index is 2.07. The van der Waals surface area contributed by atoms with Gasteiger partial charge in [0.25, 0.3) is 5.56 Å². The summed E-state index contributed by atoms with van der Waals surface area (Å²) in [6, 6.07) is 9.15. The number of H-pyrrole nitrogens is 1. The molecule has 0 saturated carbocycles. The quantitative estimate of drug-likeness (QED) is 0.709. The van der Waals surface area contributed by atoms with Crippen LogP contribution in [0.4, 0.5) is 10.1 Å². The average Bonchev–Trinajstić information content (AvgIpc) is 2.44. The zero-order valence-electron chi connectivity index (χ0n) is 11.2. The predicted molar refractivity (Wildman–Crippen MR) is 78.0 cm³/mol. The third-order valence-electron chi connectivity index (χ3n) is 3.00. The second-order valence-electron chi connectivity index (χ2n) is 4.68. The number of ether oxygens (including phenoxy) is 1. The van der Waals surface area contributed by atoms with Crippen LogP contribution in [0, 0.1) is 12.7 Å². The van der Waals surface area contributed by atoms with Gasteiger partial charge in [-0.3, -0.25) is 9.78 Å². The van der Waals surface area contributed by atoms with Crippen LogP contribution in [0.1, 0.15) is 5.56 Å². The fourth-order valence-corrected chi connectivity index (χ4v) is 1.98. The zero-order chi connectivity index (χ0) is 15.0. The van der Waals surface area contributed by atoms with Crippen LogP contribution in [0.5, 0.6) is 11.8 Å². The monoisotopic (exact) mass is 285 g/mol. The molecule has 0 spiro atoms. The Labute approximate surface area is 119 Å². The first-order chi connectivity index (χ1) is 10.0. The lowest BCUT2D eigenvalue weighted by atomic mass is 10.2. The van der Waals surface area contributed by atoms with E-state index in [9.17, 15) is 9.18 Å². The molecule has 0 aliphatic rings. The molecule has 6 heteroatoms. The maximum Gasteiger partial charge on any atom is 0.302 e. The number of hydrogen-bond donors (Lipinski definition) is 2. The molecule has 0 amide bonds. The van der Waals surface area contributed by atoms with Crippen LogP contribution in [-0.2, 0) is 0 Å². The summed E-state index contributed by atoms with van der Waals surface area (Å²) in [5.41, 5.74) is 6.96. The molecule has 106 valence electrons. The zero-order valence-corrected chi connectivity index (χ0v) is 11.2. The van der Waals surface area contributed by atoms with Gasteiger partial charge >= 0.3 is 6.01 Å². The second kappa shape index (κ2) is 4.90. The largest absolute Gasteiger partial charge is 0.422 e. The number of halogens is 1. The highest BCUT2D eigenvalue weighted by Gasteiger charge is 2.09. The standard InChI is InChI=1S/C15H12FN3O2/c1-8-2-4-11(16)13(6-8)21-15-18-12-5-3-9(17)7-10(12)14(20)19-15/h2-7H,17H2,1H3,(H,18,19,20). The van der Waals surface area contributed by atoms with Crippen LogP contribution in [0.25, 0.3) is 10.9 Å². The number of aromatic nitrogens is 2. The third-order valence-corrected chi connectivity index (χ3v) is 3.00. The van der Waals surface area contributed by atoms with Gasteiger partial charge in [-0.2, -0.15) is 4.98 Å². The normalized spacial score (nSPS) is 10.8. The first kappa shape index (κ1) is 13.1. The Kier molecular flexibility index (Phi) is 3.06. The number of nitrogens with two attached hydrogens (primary N) is 1. The fraction of sp³-hybridized carbons (Fsp3) is 0.0667. The van der Waals surface area contributed by atoms with Crippen molar-refractivity contribution in [1.29, 1.82) is 0 Å². The van der Waals surface area contributed by atoms with Gasteiger partial charge in [-0.25, -0.2) is 4.39 Å². The van der Waals surface area contributed by atoms with E-state index in [0.717, 1.165) is 5.56 Å². The number of nitrogens with zero attached hydrogens (tertiary/aromatic N) is 1. The van der Waals surface area contributed by atoms with E-state index in [4.69, 9.17) is 10.5 Å². The van der Waals surface area contributed by atoms with Crippen molar-refractivity contribution >= 4 is 16.6 Å². The molecule has 3 rings (SSSR count). The van der Waals surface area contributed by atoms with Crippen LogP contribution >= 0.6 is 0 Å². The van der Waals surface area contributed by atoms with E-state index in [-0.39, 0.29) is 11.8 Å². The van der Waals surface area contributed by atoms with Gasteiger partial charge in [-0.05, 0) is 42.8 Å². The van der Waals surface area contributed by atoms with Gasteiger partial charge in [0.1, 0.15) is 0 Å². The summed E-state index contributed by atoms with van der Waals surface area (Å²) < 4.78 is 19.0. The molecule has 0 aliphatic carbocycles. The molecule has 1 heterocycles. The van der Waals surface area contributed by atoms with Gasteiger partial charge in [0.05, 0.1) is 10.9 Å². The Hall–Kier alpha value is -2.89. The first-order valence-electron chi connectivity index (χ1n) is 6.26. The number of hydrogen-bond acceptors (Lipinski definition) is 4. The van der Waals surface area contributed by atoms with Gasteiger partial charge in [0.2, 0.25) is 0 Å². The number of rotatable bonds is 2. The van der Waals surface area contributed by atoms with Gasteiger partial charge in [0, 0.05) is 5.69 Å². The molecule has 5 nitrogen and oxygen atoms in total. The number of benzene rings is 2. The van der Waals surface area contributed by atoms with Crippen molar-refractivity contribution in [2.75, 3.05) is 5.73 Å². The molecule has 0 aliphatic heterocycles. The average molecular weight is 285 g/mol. The van der Waals surface area contributed by atoms with Crippen molar-refractivity contribution in [2.24, 2.45) is 0 Å². The molecule has 0 fully saturated rings. The number of nitrogens with one attached hydrogen (secondary N) is 1. The van der Waals surface area contributed by atoms with Gasteiger partial charge < -0.3 is 10.5 Å². The maximum absolute atomic E-state index is 13.7. The maximum atomic E-state index is 13.7. The van der Waals surface area contributed by atoms with Crippen molar-refractivity contribution in [2.45, 2.75) is 6.92 Å². The fourth-order valence-electron chi connectivity index (χ4n) is 1.98. The molecule has 2 aromatic carbocycles. The van der Waals surface area contributed by atoms with Crippen molar-refractivity contribution in [3.63, 3.8) is 0 Å². The van der Waals surface area contributed by atoms with Gasteiger partial charge in [-0.1, -0.05) is 6.07 Å². The van der Waals surface area contributed by atoms with Crippen LogP contribution < -0.4 is 16.0 Å². The highest BCUT2D eigenvalue weighted by atomic mass is 19.1. The number of nitrogen functional groups attached to an aromatic ring is 1. The lowest BCUT2D eigenvalue weighted by Gasteiger charge is -2.07. The highest BCUT2D eigenvalue weighted by Crippen LogP contribution is 2.23. The number of fused-ring (bicyclic) bond motifs is 1. The van der Waals surface area contributed by atoms with Crippen LogP contribution in [0.15, 0.2) is 41.2 Å². The van der Waals surface area contributed by atoms with E-state index in [2.05, 4.69) is 9.97 Å². The molecular formula is C15H12FN3O2. The van der Waals surface area contributed by atoms with E-state index >= 15 is 0 Å². The van der Waals surface area contributed by atoms with Gasteiger partial charge in [-0.15, -0.1) is 0 Å². The SMILES string of the molecule is Cc1ccc(F)c(Oc2nc3ccc(N)cc3c(=O)[nH]2)c1. The summed E-state index contributed by atoms with van der Waals surface area (Å²) in [7, 11) is 0. The van der Waals surface area contributed by atoms with Crippen molar-refractivity contribution in [3.05, 3.63) is 58.1 Å². The third kappa shape index (κ3) is 2.55. The van der Waals surface area contributed by atoms with Gasteiger partial charge in [0.15, 0.2) is 11.6 Å². The highest BCUT2D eigenvalue weighted by molar-refractivity contribution is 5.81. The molecule has 0 unspecified atom stereocenters. The Bertz CT molecular complexity index is 890. The molecular weight excluding hydrogens is 273 g/mol.